The summed E-state index contributed by atoms with van der Waals surface area (Å²) in [5.74, 6) is -0.351. The van der Waals surface area contributed by atoms with Crippen molar-refractivity contribution in [1.29, 1.82) is 0 Å². The van der Waals surface area contributed by atoms with E-state index < -0.39 is 28.5 Å². The normalized spacial score (nSPS) is 11.9. The lowest BCUT2D eigenvalue weighted by Crippen LogP contribution is -2.51. The van der Waals surface area contributed by atoms with Crippen molar-refractivity contribution >= 4 is 39.1 Å². The van der Waals surface area contributed by atoms with Crippen molar-refractivity contribution in [2.24, 2.45) is 0 Å². The molecule has 0 aliphatic rings. The second-order valence-electron chi connectivity index (χ2n) is 9.08. The molecular weight excluding hydrogens is 538 g/mol. The van der Waals surface area contributed by atoms with Gasteiger partial charge in [0.15, 0.2) is 0 Å². The molecule has 3 aromatic rings. The van der Waals surface area contributed by atoms with Crippen LogP contribution in [0.25, 0.3) is 0 Å². The molecular formula is C29H34ClN3O5S. The Morgan fingerprint density at radius 2 is 1.72 bits per heavy atom. The molecule has 2 amide bonds. The van der Waals surface area contributed by atoms with Crippen LogP contribution in [0.15, 0.2) is 77.7 Å². The van der Waals surface area contributed by atoms with Crippen LogP contribution in [0.2, 0.25) is 5.02 Å². The molecule has 39 heavy (non-hydrogen) atoms. The minimum Gasteiger partial charge on any atom is -0.497 e. The van der Waals surface area contributed by atoms with Crippen molar-refractivity contribution in [3.8, 4) is 5.75 Å². The van der Waals surface area contributed by atoms with Crippen LogP contribution in [-0.4, -0.2) is 51.4 Å². The molecule has 0 saturated heterocycles. The predicted molar refractivity (Wildman–Crippen MR) is 153 cm³/mol. The van der Waals surface area contributed by atoms with Crippen LogP contribution in [0.1, 0.15) is 31.4 Å². The van der Waals surface area contributed by atoms with Crippen molar-refractivity contribution in [3.63, 3.8) is 0 Å². The van der Waals surface area contributed by atoms with E-state index >= 15 is 0 Å². The first-order valence-electron chi connectivity index (χ1n) is 12.6. The number of ether oxygens (including phenoxy) is 1. The fraction of sp³-hybridized carbons (Fsp3) is 0.310. The van der Waals surface area contributed by atoms with Crippen LogP contribution in [-0.2, 0) is 26.2 Å². The fourth-order valence-electron chi connectivity index (χ4n) is 3.98. The molecule has 208 valence electrons. The van der Waals surface area contributed by atoms with Gasteiger partial charge < -0.3 is 15.0 Å². The standard InChI is InChI=1S/C29H34ClN3O5S/c1-5-17-31-29(35)22(3)32(19-23-10-7-6-9-21(23)2)28(34)20-33(25-12-8-11-24(30)18-25)39(36,37)27-15-13-26(38-4)14-16-27/h6-16,18,22H,5,17,19-20H2,1-4H3,(H,31,35). The minimum atomic E-state index is -4.19. The predicted octanol–water partition coefficient (Wildman–Crippen LogP) is 4.80. The molecule has 3 aromatic carbocycles. The summed E-state index contributed by atoms with van der Waals surface area (Å²) in [6, 6.07) is 18.9. The second-order valence-corrected chi connectivity index (χ2v) is 11.4. The van der Waals surface area contributed by atoms with Gasteiger partial charge in [-0.05, 0) is 73.9 Å². The molecule has 3 rings (SSSR count). The zero-order chi connectivity index (χ0) is 28.6. The van der Waals surface area contributed by atoms with Gasteiger partial charge in [0.25, 0.3) is 10.0 Å². The summed E-state index contributed by atoms with van der Waals surface area (Å²) in [5, 5.41) is 3.15. The number of nitrogens with zero attached hydrogens (tertiary/aromatic N) is 2. The van der Waals surface area contributed by atoms with Crippen LogP contribution in [0.3, 0.4) is 0 Å². The largest absolute Gasteiger partial charge is 0.497 e. The topological polar surface area (TPSA) is 96.0 Å². The number of carbonyl (C=O) groups excluding carboxylic acids is 2. The summed E-state index contributed by atoms with van der Waals surface area (Å²) in [6.45, 7) is 5.57. The Balaban J connectivity index is 2.03. The van der Waals surface area contributed by atoms with Gasteiger partial charge in [0.2, 0.25) is 11.8 Å². The lowest BCUT2D eigenvalue weighted by molar-refractivity contribution is -0.139. The Morgan fingerprint density at radius 3 is 2.33 bits per heavy atom. The number of nitrogens with one attached hydrogen (secondary N) is 1. The number of benzene rings is 3. The Labute approximate surface area is 235 Å². The van der Waals surface area contributed by atoms with E-state index in [2.05, 4.69) is 5.32 Å². The van der Waals surface area contributed by atoms with E-state index in [0.717, 1.165) is 21.9 Å². The first kappa shape index (κ1) is 30.0. The molecule has 0 radical (unpaired) electrons. The number of methoxy groups -OCH3 is 1. The van der Waals surface area contributed by atoms with Gasteiger partial charge in [0.1, 0.15) is 18.3 Å². The van der Waals surface area contributed by atoms with Gasteiger partial charge >= 0.3 is 0 Å². The van der Waals surface area contributed by atoms with Crippen molar-refractivity contribution in [2.75, 3.05) is 24.5 Å². The molecule has 0 aliphatic heterocycles. The molecule has 10 heteroatoms. The number of carbonyl (C=O) groups is 2. The quantitative estimate of drug-likeness (QED) is 0.337. The van der Waals surface area contributed by atoms with E-state index in [1.54, 1.807) is 25.1 Å². The van der Waals surface area contributed by atoms with Crippen LogP contribution < -0.4 is 14.4 Å². The van der Waals surface area contributed by atoms with Gasteiger partial charge in [0, 0.05) is 18.1 Å². The third-order valence-corrected chi connectivity index (χ3v) is 8.36. The van der Waals surface area contributed by atoms with Gasteiger partial charge in [-0.25, -0.2) is 8.42 Å². The third kappa shape index (κ3) is 7.52. The third-order valence-electron chi connectivity index (χ3n) is 6.34. The van der Waals surface area contributed by atoms with Crippen molar-refractivity contribution in [2.45, 2.75) is 44.7 Å². The maximum atomic E-state index is 13.9. The molecule has 0 aliphatic carbocycles. The summed E-state index contributed by atoms with van der Waals surface area (Å²) in [6.07, 6.45) is 0.743. The van der Waals surface area contributed by atoms with Gasteiger partial charge in [-0.2, -0.15) is 0 Å². The average molecular weight is 572 g/mol. The summed E-state index contributed by atoms with van der Waals surface area (Å²) in [4.78, 5) is 28.2. The smallest absolute Gasteiger partial charge is 0.264 e. The maximum Gasteiger partial charge on any atom is 0.264 e. The van der Waals surface area contributed by atoms with Crippen molar-refractivity contribution in [3.05, 3.63) is 88.9 Å². The van der Waals surface area contributed by atoms with E-state index in [4.69, 9.17) is 16.3 Å². The molecule has 0 bridgehead atoms. The second kappa shape index (κ2) is 13.5. The van der Waals surface area contributed by atoms with Gasteiger partial charge in [0.05, 0.1) is 17.7 Å². The van der Waals surface area contributed by atoms with Gasteiger partial charge in [-0.3, -0.25) is 13.9 Å². The lowest BCUT2D eigenvalue weighted by atomic mass is 10.1. The SMILES string of the molecule is CCCNC(=O)C(C)N(Cc1ccccc1C)C(=O)CN(c1cccc(Cl)c1)S(=O)(=O)c1ccc(OC)cc1. The number of rotatable bonds is 12. The van der Waals surface area contributed by atoms with E-state index in [0.29, 0.717) is 17.3 Å². The Morgan fingerprint density at radius 1 is 1.03 bits per heavy atom. The number of sulfonamides is 1. The molecule has 0 fully saturated rings. The molecule has 1 atom stereocenters. The van der Waals surface area contributed by atoms with E-state index in [1.165, 1.54) is 42.3 Å². The highest BCUT2D eigenvalue weighted by Gasteiger charge is 2.32. The number of amides is 2. The summed E-state index contributed by atoms with van der Waals surface area (Å²) < 4.78 is 33.9. The number of aryl methyl sites for hydroxylation is 1. The van der Waals surface area contributed by atoms with Crippen LogP contribution in [0.5, 0.6) is 5.75 Å². The fourth-order valence-corrected chi connectivity index (χ4v) is 5.57. The summed E-state index contributed by atoms with van der Waals surface area (Å²) in [5.41, 5.74) is 2.04. The van der Waals surface area contributed by atoms with E-state index in [1.807, 2.05) is 38.1 Å². The highest BCUT2D eigenvalue weighted by atomic mass is 35.5. The molecule has 8 nitrogen and oxygen atoms in total. The van der Waals surface area contributed by atoms with Crippen molar-refractivity contribution in [1.82, 2.24) is 10.2 Å². The average Bonchev–Trinajstić information content (AvgIpc) is 2.93. The summed E-state index contributed by atoms with van der Waals surface area (Å²) in [7, 11) is -2.71. The maximum absolute atomic E-state index is 13.9. The zero-order valence-corrected chi connectivity index (χ0v) is 24.1. The molecule has 1 N–H and O–H groups in total. The first-order chi connectivity index (χ1) is 18.6. The van der Waals surface area contributed by atoms with Crippen LogP contribution in [0, 0.1) is 6.92 Å². The molecule has 1 unspecified atom stereocenters. The highest BCUT2D eigenvalue weighted by molar-refractivity contribution is 7.92. The Hall–Kier alpha value is -3.56. The highest BCUT2D eigenvalue weighted by Crippen LogP contribution is 2.28. The zero-order valence-electron chi connectivity index (χ0n) is 22.6. The Bertz CT molecular complexity index is 1400. The molecule has 0 heterocycles. The lowest BCUT2D eigenvalue weighted by Gasteiger charge is -2.32. The van der Waals surface area contributed by atoms with Crippen molar-refractivity contribution < 1.29 is 22.7 Å². The first-order valence-corrected chi connectivity index (χ1v) is 14.4. The van der Waals surface area contributed by atoms with Gasteiger partial charge in [-0.1, -0.05) is 48.9 Å². The van der Waals surface area contributed by atoms with Crippen LogP contribution in [0.4, 0.5) is 5.69 Å². The van der Waals surface area contributed by atoms with Crippen LogP contribution >= 0.6 is 11.6 Å². The number of anilines is 1. The minimum absolute atomic E-state index is 0.0183. The summed E-state index contributed by atoms with van der Waals surface area (Å²) >= 11 is 6.20. The van der Waals surface area contributed by atoms with E-state index in [-0.39, 0.29) is 23.0 Å². The Kier molecular flexibility index (Phi) is 10.4. The number of hydrogen-bond acceptors (Lipinski definition) is 5. The molecule has 0 spiro atoms. The molecule has 0 aromatic heterocycles. The number of halogens is 1. The monoisotopic (exact) mass is 571 g/mol. The van der Waals surface area contributed by atoms with E-state index in [9.17, 15) is 18.0 Å². The number of hydrogen-bond donors (Lipinski definition) is 1. The molecule has 0 saturated carbocycles. The van der Waals surface area contributed by atoms with Gasteiger partial charge in [-0.15, -0.1) is 0 Å².